The highest BCUT2D eigenvalue weighted by Gasteiger charge is 2.68. The van der Waals surface area contributed by atoms with Crippen LogP contribution in [0, 0.1) is 0 Å². The second-order valence-corrected chi connectivity index (χ2v) is 23.7. The summed E-state index contributed by atoms with van der Waals surface area (Å²) in [6.45, 7) is 5.34. The molecule has 2 atom stereocenters. The first kappa shape index (κ1) is 38.4. The minimum atomic E-state index is -2.55. The van der Waals surface area contributed by atoms with E-state index < -0.39 is 8.07 Å². The van der Waals surface area contributed by atoms with E-state index in [1.165, 1.54) is 113 Å². The van der Waals surface area contributed by atoms with E-state index >= 15 is 0 Å². The van der Waals surface area contributed by atoms with Crippen LogP contribution in [0.2, 0.25) is 5.04 Å². The van der Waals surface area contributed by atoms with Gasteiger partial charge in [0.1, 0.15) is 0 Å². The second-order valence-electron chi connectivity index (χ2n) is 19.4. The highest BCUT2D eigenvalue weighted by molar-refractivity contribution is 7.14. The third-order valence-corrected chi connectivity index (χ3v) is 22.6. The van der Waals surface area contributed by atoms with Crippen LogP contribution in [0.1, 0.15) is 45.1 Å². The summed E-state index contributed by atoms with van der Waals surface area (Å²) in [7, 11) is -2.55. The maximum Gasteiger partial charge on any atom is 0.155 e. The number of hydrogen-bond donors (Lipinski definition) is 0. The maximum atomic E-state index is 2.69. The number of hydrogen-bond acceptors (Lipinski definition) is 0. The highest BCUT2D eigenvalue weighted by Crippen LogP contribution is 2.65. The third-order valence-electron chi connectivity index (χ3n) is 16.5. The molecule has 13 rings (SSSR count). The fraction of sp³-hybridized carbons (Fsp3) is 0.125. The average Bonchev–Trinajstić information content (AvgIpc) is 3.56. The number of benzene rings is 11. The first-order chi connectivity index (χ1) is 32.0. The molecule has 1 fully saturated rings. The molecule has 0 spiro atoms. The molecule has 11 aromatic carbocycles. The molecule has 0 amide bonds. The molecule has 11 aromatic rings. The Morgan fingerprint density at radius 3 is 1.43 bits per heavy atom. The summed E-state index contributed by atoms with van der Waals surface area (Å²) >= 11 is 0. The second kappa shape index (κ2) is 14.5. The molecule has 1 saturated carbocycles. The van der Waals surface area contributed by atoms with Crippen molar-refractivity contribution in [2.45, 2.75) is 50.0 Å². The van der Waals surface area contributed by atoms with Crippen LogP contribution in [0.4, 0.5) is 0 Å². The van der Waals surface area contributed by atoms with E-state index in [4.69, 9.17) is 0 Å². The Morgan fingerprint density at radius 2 is 0.831 bits per heavy atom. The number of fused-ring (bicyclic) bond motifs is 4. The molecule has 2 unspecified atom stereocenters. The SMILES string of the molecule is CC12CCCCC1(C)[Si](c1ccccc1)(c1ccccc1)c1ccc(-c3cc(-c4ccccc4)c4ccc5c(-c6cccc7ccccc67)cc(-c6ccccc6)c6ccc3c4c65)cc12. The van der Waals surface area contributed by atoms with Crippen molar-refractivity contribution in [1.29, 1.82) is 0 Å². The van der Waals surface area contributed by atoms with Gasteiger partial charge in [-0.3, -0.25) is 0 Å². The Hall–Kier alpha value is -7.06. The van der Waals surface area contributed by atoms with Gasteiger partial charge in [0.05, 0.1) is 0 Å². The Balaban J connectivity index is 1.15. The van der Waals surface area contributed by atoms with Crippen LogP contribution in [0.25, 0.3) is 87.6 Å². The van der Waals surface area contributed by atoms with Crippen LogP contribution < -0.4 is 15.6 Å². The van der Waals surface area contributed by atoms with Gasteiger partial charge < -0.3 is 0 Å². The van der Waals surface area contributed by atoms with Crippen molar-refractivity contribution in [3.05, 3.63) is 224 Å². The van der Waals surface area contributed by atoms with E-state index in [2.05, 4.69) is 232 Å². The summed E-state index contributed by atoms with van der Waals surface area (Å²) in [4.78, 5) is 0. The minimum Gasteiger partial charge on any atom is -0.0624 e. The van der Waals surface area contributed by atoms with Gasteiger partial charge in [-0.1, -0.05) is 233 Å². The minimum absolute atomic E-state index is 0.0263. The van der Waals surface area contributed by atoms with Crippen molar-refractivity contribution in [1.82, 2.24) is 0 Å². The number of rotatable bonds is 6. The summed E-state index contributed by atoms with van der Waals surface area (Å²) in [5.41, 5.74) is 11.8. The van der Waals surface area contributed by atoms with Gasteiger partial charge in [0.25, 0.3) is 0 Å². The summed E-state index contributed by atoms with van der Waals surface area (Å²) in [6, 6.07) is 83.7. The molecular formula is C64H50Si. The molecule has 1 aliphatic heterocycles. The molecule has 0 aromatic heterocycles. The summed E-state index contributed by atoms with van der Waals surface area (Å²) in [5, 5.41) is 15.2. The largest absolute Gasteiger partial charge is 0.155 e. The van der Waals surface area contributed by atoms with E-state index in [-0.39, 0.29) is 10.5 Å². The molecule has 0 saturated heterocycles. The van der Waals surface area contributed by atoms with E-state index in [0.717, 1.165) is 0 Å². The lowest BCUT2D eigenvalue weighted by molar-refractivity contribution is 0.241. The van der Waals surface area contributed by atoms with Gasteiger partial charge in [0, 0.05) is 0 Å². The lowest BCUT2D eigenvalue weighted by Gasteiger charge is -2.54. The Bertz CT molecular complexity index is 3570. The molecule has 65 heavy (non-hydrogen) atoms. The summed E-state index contributed by atoms with van der Waals surface area (Å²) < 4.78 is 0. The third kappa shape index (κ3) is 5.31. The van der Waals surface area contributed by atoms with Crippen molar-refractivity contribution in [2.24, 2.45) is 0 Å². The summed E-state index contributed by atoms with van der Waals surface area (Å²) in [6.07, 6.45) is 5.00. The van der Waals surface area contributed by atoms with E-state index in [1.54, 1.807) is 21.1 Å². The van der Waals surface area contributed by atoms with Crippen LogP contribution in [-0.2, 0) is 5.41 Å². The van der Waals surface area contributed by atoms with E-state index in [1.807, 2.05) is 0 Å². The topological polar surface area (TPSA) is 0 Å². The highest BCUT2D eigenvalue weighted by atomic mass is 28.3. The van der Waals surface area contributed by atoms with Crippen LogP contribution in [0.5, 0.6) is 0 Å². The van der Waals surface area contributed by atoms with Crippen LogP contribution in [-0.4, -0.2) is 8.07 Å². The fourth-order valence-corrected chi connectivity index (χ4v) is 20.4. The Morgan fingerprint density at radius 1 is 0.354 bits per heavy atom. The van der Waals surface area contributed by atoms with Gasteiger partial charge >= 0.3 is 0 Å². The molecular weight excluding hydrogens is 797 g/mol. The van der Waals surface area contributed by atoms with Crippen molar-refractivity contribution in [2.75, 3.05) is 0 Å². The quantitative estimate of drug-likeness (QED) is 0.116. The molecule has 0 radical (unpaired) electrons. The van der Waals surface area contributed by atoms with Crippen molar-refractivity contribution in [3.8, 4) is 44.5 Å². The van der Waals surface area contributed by atoms with Crippen LogP contribution in [0.15, 0.2) is 218 Å². The standard InChI is InChI=1S/C64H50Si/c1-63-38-17-18-39-64(63,2)65(47-26-11-5-12-27-47,48-28-13-6-14-29-48)60-37-32-46(40-59(60)63)57-41-55(44-20-7-3-8-21-44)51-35-36-54-58(50-31-19-25-43-24-15-16-30-49(43)50)42-56(45-22-9-4-10-23-45)52-33-34-53(57)61(51)62(52)54/h3-16,19-37,40-42H,17-18,38-39H2,1-2H3. The average molecular weight is 847 g/mol. The van der Waals surface area contributed by atoms with Gasteiger partial charge in [0.15, 0.2) is 8.07 Å². The van der Waals surface area contributed by atoms with Crippen molar-refractivity contribution >= 4 is 66.7 Å². The van der Waals surface area contributed by atoms with Gasteiger partial charge in [-0.05, 0) is 144 Å². The lowest BCUT2D eigenvalue weighted by Crippen LogP contribution is -2.72. The van der Waals surface area contributed by atoms with E-state index in [0.29, 0.717) is 0 Å². The van der Waals surface area contributed by atoms with Gasteiger partial charge in [-0.2, -0.15) is 0 Å². The maximum absolute atomic E-state index is 2.69. The van der Waals surface area contributed by atoms with Gasteiger partial charge in [-0.15, -0.1) is 0 Å². The van der Waals surface area contributed by atoms with Gasteiger partial charge in [-0.25, -0.2) is 0 Å². The monoisotopic (exact) mass is 846 g/mol. The zero-order chi connectivity index (χ0) is 43.3. The molecule has 310 valence electrons. The zero-order valence-corrected chi connectivity index (χ0v) is 38.1. The fourth-order valence-electron chi connectivity index (χ4n) is 13.5. The molecule has 1 heteroatoms. The van der Waals surface area contributed by atoms with Gasteiger partial charge in [0.2, 0.25) is 0 Å². The molecule has 0 bridgehead atoms. The molecule has 1 aliphatic carbocycles. The predicted octanol–water partition coefficient (Wildman–Crippen LogP) is 15.5. The summed E-state index contributed by atoms with van der Waals surface area (Å²) in [5.74, 6) is 0. The first-order valence-corrected chi connectivity index (χ1v) is 25.6. The first-order valence-electron chi connectivity index (χ1n) is 23.6. The van der Waals surface area contributed by atoms with Crippen LogP contribution >= 0.6 is 0 Å². The smallest absolute Gasteiger partial charge is 0.0624 e. The molecule has 2 aliphatic rings. The molecule has 0 N–H and O–H groups in total. The zero-order valence-electron chi connectivity index (χ0n) is 37.1. The van der Waals surface area contributed by atoms with Crippen LogP contribution in [0.3, 0.4) is 0 Å². The molecule has 1 heterocycles. The van der Waals surface area contributed by atoms with E-state index in [9.17, 15) is 0 Å². The Labute approximate surface area is 383 Å². The normalized spacial score (nSPS) is 18.9. The van der Waals surface area contributed by atoms with Crippen molar-refractivity contribution in [3.63, 3.8) is 0 Å². The molecule has 0 nitrogen and oxygen atoms in total. The van der Waals surface area contributed by atoms with Crippen molar-refractivity contribution < 1.29 is 0 Å². The lowest BCUT2D eigenvalue weighted by atomic mass is 9.64. The predicted molar refractivity (Wildman–Crippen MR) is 281 cm³/mol. The Kier molecular flexibility index (Phi) is 8.55.